The fourth-order valence-electron chi connectivity index (χ4n) is 2.62. The molecule has 5 nitrogen and oxygen atoms in total. The van der Waals surface area contributed by atoms with E-state index >= 15 is 0 Å². The maximum absolute atomic E-state index is 12.1. The minimum Gasteiger partial charge on any atom is -0.352 e. The molecule has 24 heavy (non-hydrogen) atoms. The molecule has 2 aromatic rings. The Hall–Kier alpha value is -2.69. The third kappa shape index (κ3) is 4.19. The van der Waals surface area contributed by atoms with Crippen molar-refractivity contribution in [3.8, 4) is 0 Å². The van der Waals surface area contributed by atoms with E-state index in [1.165, 1.54) is 5.56 Å². The van der Waals surface area contributed by atoms with Gasteiger partial charge < -0.3 is 10.6 Å². The first kappa shape index (κ1) is 16.2. The molecule has 1 aromatic heterocycles. The van der Waals surface area contributed by atoms with Gasteiger partial charge in [0, 0.05) is 25.5 Å². The topological polar surface area (TPSA) is 71.1 Å². The molecule has 1 aliphatic carbocycles. The van der Waals surface area contributed by atoms with Gasteiger partial charge in [0.05, 0.1) is 11.8 Å². The van der Waals surface area contributed by atoms with Crippen molar-refractivity contribution in [2.24, 2.45) is 11.8 Å². The lowest BCUT2D eigenvalue weighted by atomic mass is 10.1. The molecule has 0 saturated heterocycles. The largest absolute Gasteiger partial charge is 0.352 e. The van der Waals surface area contributed by atoms with Gasteiger partial charge in [-0.3, -0.25) is 14.6 Å². The van der Waals surface area contributed by atoms with Crippen LogP contribution in [0, 0.1) is 18.8 Å². The number of nitrogens with zero attached hydrogens (tertiary/aromatic N) is 1. The Kier molecular flexibility index (Phi) is 4.89. The van der Waals surface area contributed by atoms with Crippen LogP contribution < -0.4 is 10.6 Å². The predicted molar refractivity (Wildman–Crippen MR) is 90.7 cm³/mol. The van der Waals surface area contributed by atoms with Gasteiger partial charge in [-0.05, 0) is 30.5 Å². The molecule has 1 saturated carbocycles. The molecule has 0 spiro atoms. The Balaban J connectivity index is 1.41. The lowest BCUT2D eigenvalue weighted by molar-refractivity contribution is -0.127. The van der Waals surface area contributed by atoms with E-state index in [0.29, 0.717) is 19.5 Å². The normalized spacial score (nSPS) is 18.7. The van der Waals surface area contributed by atoms with Crippen LogP contribution in [0.5, 0.6) is 0 Å². The van der Waals surface area contributed by atoms with Crippen LogP contribution in [0.2, 0.25) is 0 Å². The highest BCUT2D eigenvalue weighted by atomic mass is 16.2. The van der Waals surface area contributed by atoms with E-state index in [0.717, 1.165) is 11.1 Å². The third-order valence-corrected chi connectivity index (χ3v) is 4.24. The number of amides is 2. The Labute approximate surface area is 141 Å². The predicted octanol–water partition coefficient (Wildman–Crippen LogP) is 1.96. The zero-order chi connectivity index (χ0) is 16.9. The average Bonchev–Trinajstić information content (AvgIpc) is 3.41. The molecular formula is C19H21N3O2. The van der Waals surface area contributed by atoms with E-state index in [-0.39, 0.29) is 23.7 Å². The first-order valence-electron chi connectivity index (χ1n) is 8.13. The summed E-state index contributed by atoms with van der Waals surface area (Å²) in [6.07, 6.45) is 4.04. The van der Waals surface area contributed by atoms with E-state index in [1.54, 1.807) is 12.4 Å². The molecule has 0 radical (unpaired) electrons. The van der Waals surface area contributed by atoms with E-state index in [2.05, 4.69) is 15.6 Å². The molecule has 124 valence electrons. The number of nitrogens with one attached hydrogen (secondary N) is 2. The number of carbonyl (C=O) groups is 2. The Morgan fingerprint density at radius 3 is 2.21 bits per heavy atom. The summed E-state index contributed by atoms with van der Waals surface area (Å²) in [4.78, 5) is 28.2. The van der Waals surface area contributed by atoms with E-state index in [9.17, 15) is 9.59 Å². The van der Waals surface area contributed by atoms with Crippen molar-refractivity contribution in [1.82, 2.24) is 15.6 Å². The second-order valence-corrected chi connectivity index (χ2v) is 6.23. The second-order valence-electron chi connectivity index (χ2n) is 6.23. The van der Waals surface area contributed by atoms with E-state index < -0.39 is 0 Å². The van der Waals surface area contributed by atoms with Crippen LogP contribution in [-0.2, 0) is 22.7 Å². The molecule has 1 aliphatic rings. The molecule has 1 heterocycles. The van der Waals surface area contributed by atoms with Gasteiger partial charge in [-0.1, -0.05) is 35.9 Å². The summed E-state index contributed by atoms with van der Waals surface area (Å²) in [7, 11) is 0. The quantitative estimate of drug-likeness (QED) is 0.854. The van der Waals surface area contributed by atoms with Crippen molar-refractivity contribution in [2.45, 2.75) is 26.4 Å². The number of hydrogen-bond donors (Lipinski definition) is 2. The molecule has 2 atom stereocenters. The fourth-order valence-corrected chi connectivity index (χ4v) is 2.62. The van der Waals surface area contributed by atoms with Gasteiger partial charge >= 0.3 is 0 Å². The summed E-state index contributed by atoms with van der Waals surface area (Å²) in [5, 5.41) is 5.78. The standard InChI is InChI=1S/C19H21N3O2/c1-13-4-6-14(7-5-13)11-21-18(23)16-9-17(16)19(24)22-12-15-3-2-8-20-10-15/h2-8,10,16-17H,9,11-12H2,1H3,(H,21,23)(H,22,24). The van der Waals surface area contributed by atoms with Crippen LogP contribution in [0.3, 0.4) is 0 Å². The number of aromatic nitrogens is 1. The summed E-state index contributed by atoms with van der Waals surface area (Å²) in [6.45, 7) is 2.97. The van der Waals surface area contributed by atoms with E-state index in [4.69, 9.17) is 0 Å². The number of pyridine rings is 1. The molecule has 1 fully saturated rings. The van der Waals surface area contributed by atoms with Crippen LogP contribution >= 0.6 is 0 Å². The van der Waals surface area contributed by atoms with Crippen molar-refractivity contribution in [1.29, 1.82) is 0 Å². The van der Waals surface area contributed by atoms with Gasteiger partial charge in [0.1, 0.15) is 0 Å². The van der Waals surface area contributed by atoms with Crippen LogP contribution in [0.4, 0.5) is 0 Å². The SMILES string of the molecule is Cc1ccc(CNC(=O)C2CC2C(=O)NCc2cccnc2)cc1. The second kappa shape index (κ2) is 7.25. The van der Waals surface area contributed by atoms with Gasteiger partial charge in [0.25, 0.3) is 0 Å². The first-order valence-corrected chi connectivity index (χ1v) is 8.13. The third-order valence-electron chi connectivity index (χ3n) is 4.24. The first-order chi connectivity index (χ1) is 11.6. The molecule has 2 unspecified atom stereocenters. The Morgan fingerprint density at radius 1 is 1.00 bits per heavy atom. The van der Waals surface area contributed by atoms with Gasteiger partial charge in [-0.15, -0.1) is 0 Å². The van der Waals surface area contributed by atoms with Gasteiger partial charge in [0.15, 0.2) is 0 Å². The maximum Gasteiger partial charge on any atom is 0.224 e. The summed E-state index contributed by atoms with van der Waals surface area (Å²) in [5.41, 5.74) is 3.21. The van der Waals surface area contributed by atoms with Crippen molar-refractivity contribution in [2.75, 3.05) is 0 Å². The van der Waals surface area contributed by atoms with Crippen LogP contribution in [0.15, 0.2) is 48.8 Å². The monoisotopic (exact) mass is 323 g/mol. The van der Waals surface area contributed by atoms with E-state index in [1.807, 2.05) is 43.3 Å². The average molecular weight is 323 g/mol. The highest BCUT2D eigenvalue weighted by Crippen LogP contribution is 2.38. The van der Waals surface area contributed by atoms with Crippen molar-refractivity contribution >= 4 is 11.8 Å². The number of hydrogen-bond acceptors (Lipinski definition) is 3. The lowest BCUT2D eigenvalue weighted by Gasteiger charge is -2.06. The van der Waals surface area contributed by atoms with Gasteiger partial charge in [0.2, 0.25) is 11.8 Å². The lowest BCUT2D eigenvalue weighted by Crippen LogP contribution is -2.29. The van der Waals surface area contributed by atoms with Gasteiger partial charge in [-0.2, -0.15) is 0 Å². The molecular weight excluding hydrogens is 302 g/mol. The number of rotatable bonds is 6. The van der Waals surface area contributed by atoms with Crippen LogP contribution in [-0.4, -0.2) is 16.8 Å². The van der Waals surface area contributed by atoms with Crippen molar-refractivity contribution < 1.29 is 9.59 Å². The highest BCUT2D eigenvalue weighted by molar-refractivity contribution is 5.92. The summed E-state index contributed by atoms with van der Waals surface area (Å²) in [6, 6.07) is 11.8. The molecule has 2 amide bonds. The van der Waals surface area contributed by atoms with Gasteiger partial charge in [-0.25, -0.2) is 0 Å². The zero-order valence-electron chi connectivity index (χ0n) is 13.7. The van der Waals surface area contributed by atoms with Crippen molar-refractivity contribution in [3.63, 3.8) is 0 Å². The summed E-state index contributed by atoms with van der Waals surface area (Å²) < 4.78 is 0. The molecule has 0 aliphatic heterocycles. The smallest absolute Gasteiger partial charge is 0.224 e. The van der Waals surface area contributed by atoms with Crippen LogP contribution in [0.1, 0.15) is 23.1 Å². The highest BCUT2D eigenvalue weighted by Gasteiger charge is 2.47. The zero-order valence-corrected chi connectivity index (χ0v) is 13.7. The summed E-state index contributed by atoms with van der Waals surface area (Å²) in [5.74, 6) is -0.518. The Morgan fingerprint density at radius 2 is 1.62 bits per heavy atom. The number of benzene rings is 1. The molecule has 5 heteroatoms. The minimum absolute atomic E-state index is 0.0443. The molecule has 3 rings (SSSR count). The molecule has 1 aromatic carbocycles. The van der Waals surface area contributed by atoms with Crippen molar-refractivity contribution in [3.05, 3.63) is 65.5 Å². The maximum atomic E-state index is 12.1. The Bertz CT molecular complexity index is 713. The fraction of sp³-hybridized carbons (Fsp3) is 0.316. The summed E-state index contributed by atoms with van der Waals surface area (Å²) >= 11 is 0. The number of carbonyl (C=O) groups excluding carboxylic acids is 2. The minimum atomic E-state index is -0.209. The molecule has 0 bridgehead atoms. The molecule has 2 N–H and O–H groups in total. The number of aryl methyl sites for hydroxylation is 1. The van der Waals surface area contributed by atoms with Crippen LogP contribution in [0.25, 0.3) is 0 Å².